The first-order valence-corrected chi connectivity index (χ1v) is 10.4. The van der Waals surface area contributed by atoms with Gasteiger partial charge >= 0.3 is 11.8 Å². The average Bonchev–Trinajstić information content (AvgIpc) is 2.85. The SMILES string of the molecule is CCc1ccc(NC(=O)C(=O)N/N=C\c2ccccc2OCC(=O)Nc2ccc(F)cc2)cc1. The number of nitrogens with one attached hydrogen (secondary N) is 3. The second-order valence-corrected chi connectivity index (χ2v) is 7.09. The van der Waals surface area contributed by atoms with E-state index >= 15 is 0 Å². The standard InChI is InChI=1S/C25H23FN4O4/c1-2-17-7-11-21(12-8-17)29-24(32)25(33)30-27-15-18-5-3-4-6-22(18)34-16-23(31)28-20-13-9-19(26)10-14-20/h3-15H,2,16H2,1H3,(H,28,31)(H,29,32)(H,30,33)/b27-15-. The van der Waals surface area contributed by atoms with Crippen molar-refractivity contribution in [1.29, 1.82) is 0 Å². The number of anilines is 2. The van der Waals surface area contributed by atoms with E-state index in [9.17, 15) is 18.8 Å². The third-order valence-electron chi connectivity index (χ3n) is 4.60. The molecule has 0 unspecified atom stereocenters. The normalized spacial score (nSPS) is 10.5. The first-order valence-electron chi connectivity index (χ1n) is 10.4. The van der Waals surface area contributed by atoms with Crippen molar-refractivity contribution in [1.82, 2.24) is 5.43 Å². The number of halogens is 1. The number of carbonyl (C=O) groups excluding carboxylic acids is 3. The van der Waals surface area contributed by atoms with E-state index in [-0.39, 0.29) is 6.61 Å². The summed E-state index contributed by atoms with van der Waals surface area (Å²) in [6.07, 6.45) is 2.17. The monoisotopic (exact) mass is 462 g/mol. The number of para-hydroxylation sites is 1. The van der Waals surface area contributed by atoms with Crippen LogP contribution < -0.4 is 20.8 Å². The molecule has 0 aliphatic heterocycles. The lowest BCUT2D eigenvalue weighted by atomic mass is 10.1. The zero-order chi connectivity index (χ0) is 24.3. The predicted octanol–water partition coefficient (Wildman–Crippen LogP) is 3.49. The summed E-state index contributed by atoms with van der Waals surface area (Å²) in [7, 11) is 0. The highest BCUT2D eigenvalue weighted by molar-refractivity contribution is 6.39. The molecule has 0 heterocycles. The number of hydrogen-bond donors (Lipinski definition) is 3. The molecule has 0 spiro atoms. The van der Waals surface area contributed by atoms with Gasteiger partial charge in [-0.25, -0.2) is 9.82 Å². The van der Waals surface area contributed by atoms with Gasteiger partial charge in [-0.3, -0.25) is 14.4 Å². The van der Waals surface area contributed by atoms with Crippen molar-refractivity contribution in [3.63, 3.8) is 0 Å². The second kappa shape index (κ2) is 11.9. The van der Waals surface area contributed by atoms with Crippen LogP contribution in [0, 0.1) is 5.82 Å². The van der Waals surface area contributed by atoms with Crippen molar-refractivity contribution in [3.05, 3.63) is 89.7 Å². The molecule has 0 saturated heterocycles. The van der Waals surface area contributed by atoms with Crippen LogP contribution in [-0.2, 0) is 20.8 Å². The molecule has 0 fully saturated rings. The number of rotatable bonds is 8. The molecule has 0 radical (unpaired) electrons. The molecule has 0 aromatic heterocycles. The highest BCUT2D eigenvalue weighted by atomic mass is 19.1. The molecular weight excluding hydrogens is 439 g/mol. The van der Waals surface area contributed by atoms with E-state index in [1.807, 2.05) is 19.1 Å². The Labute approximate surface area is 195 Å². The molecule has 0 aliphatic carbocycles. The van der Waals surface area contributed by atoms with Gasteiger partial charge in [0, 0.05) is 16.9 Å². The van der Waals surface area contributed by atoms with Gasteiger partial charge in [0.2, 0.25) is 0 Å². The van der Waals surface area contributed by atoms with E-state index in [4.69, 9.17) is 4.74 Å². The first-order chi connectivity index (χ1) is 16.4. The maximum atomic E-state index is 13.0. The Morgan fingerprint density at radius 3 is 2.24 bits per heavy atom. The fourth-order valence-corrected chi connectivity index (χ4v) is 2.82. The molecule has 0 atom stereocenters. The van der Waals surface area contributed by atoms with Crippen molar-refractivity contribution >= 4 is 35.3 Å². The van der Waals surface area contributed by atoms with Crippen LogP contribution in [0.5, 0.6) is 5.75 Å². The minimum Gasteiger partial charge on any atom is -0.483 e. The molecule has 3 amide bonds. The Balaban J connectivity index is 1.51. The Kier molecular flexibility index (Phi) is 8.45. The lowest BCUT2D eigenvalue weighted by Gasteiger charge is -2.09. The first kappa shape index (κ1) is 24.1. The van der Waals surface area contributed by atoms with Crippen molar-refractivity contribution in [3.8, 4) is 5.75 Å². The molecule has 3 aromatic carbocycles. The molecule has 8 nitrogen and oxygen atoms in total. The summed E-state index contributed by atoms with van der Waals surface area (Å²) < 4.78 is 18.5. The Hall–Kier alpha value is -4.53. The van der Waals surface area contributed by atoms with Gasteiger partial charge in [0.15, 0.2) is 6.61 Å². The minimum absolute atomic E-state index is 0.298. The predicted molar refractivity (Wildman–Crippen MR) is 127 cm³/mol. The van der Waals surface area contributed by atoms with E-state index in [0.29, 0.717) is 22.7 Å². The average molecular weight is 462 g/mol. The van der Waals surface area contributed by atoms with Crippen molar-refractivity contribution < 1.29 is 23.5 Å². The van der Waals surface area contributed by atoms with E-state index < -0.39 is 23.5 Å². The summed E-state index contributed by atoms with van der Waals surface area (Å²) in [6, 6.07) is 19.2. The van der Waals surface area contributed by atoms with Gasteiger partial charge < -0.3 is 15.4 Å². The molecule has 3 N–H and O–H groups in total. The zero-order valence-corrected chi connectivity index (χ0v) is 18.4. The van der Waals surface area contributed by atoms with Crippen molar-refractivity contribution in [2.75, 3.05) is 17.2 Å². The molecular formula is C25H23FN4O4. The Morgan fingerprint density at radius 1 is 0.882 bits per heavy atom. The Morgan fingerprint density at radius 2 is 1.53 bits per heavy atom. The largest absolute Gasteiger partial charge is 0.483 e. The molecule has 0 aliphatic rings. The summed E-state index contributed by atoms with van der Waals surface area (Å²) in [5.41, 5.74) is 4.68. The van der Waals surface area contributed by atoms with Crippen LogP contribution in [0.3, 0.4) is 0 Å². The number of carbonyl (C=O) groups is 3. The van der Waals surface area contributed by atoms with Crippen LogP contribution in [0.1, 0.15) is 18.1 Å². The third kappa shape index (κ3) is 7.27. The van der Waals surface area contributed by atoms with E-state index in [1.54, 1.807) is 36.4 Å². The van der Waals surface area contributed by atoms with E-state index in [2.05, 4.69) is 21.2 Å². The lowest BCUT2D eigenvalue weighted by molar-refractivity contribution is -0.136. The summed E-state index contributed by atoms with van der Waals surface area (Å²) in [4.78, 5) is 36.1. The van der Waals surface area contributed by atoms with Gasteiger partial charge in [-0.15, -0.1) is 0 Å². The fourth-order valence-electron chi connectivity index (χ4n) is 2.82. The zero-order valence-electron chi connectivity index (χ0n) is 18.4. The lowest BCUT2D eigenvalue weighted by Crippen LogP contribution is -2.32. The molecule has 3 rings (SSSR count). The smallest absolute Gasteiger partial charge is 0.329 e. The number of hydrogen-bond acceptors (Lipinski definition) is 5. The third-order valence-corrected chi connectivity index (χ3v) is 4.60. The summed E-state index contributed by atoms with van der Waals surface area (Å²) >= 11 is 0. The maximum Gasteiger partial charge on any atom is 0.329 e. The summed E-state index contributed by atoms with van der Waals surface area (Å²) in [5, 5.41) is 8.88. The van der Waals surface area contributed by atoms with Crippen LogP contribution in [-0.4, -0.2) is 30.5 Å². The van der Waals surface area contributed by atoms with Crippen molar-refractivity contribution in [2.45, 2.75) is 13.3 Å². The van der Waals surface area contributed by atoms with Gasteiger partial charge in [-0.1, -0.05) is 31.2 Å². The van der Waals surface area contributed by atoms with Crippen LogP contribution in [0.4, 0.5) is 15.8 Å². The topological polar surface area (TPSA) is 109 Å². The Bertz CT molecular complexity index is 1180. The van der Waals surface area contributed by atoms with Gasteiger partial charge in [-0.2, -0.15) is 5.10 Å². The van der Waals surface area contributed by atoms with Gasteiger partial charge in [0.25, 0.3) is 5.91 Å². The number of amides is 3. The van der Waals surface area contributed by atoms with Crippen molar-refractivity contribution in [2.24, 2.45) is 5.10 Å². The van der Waals surface area contributed by atoms with Gasteiger partial charge in [-0.05, 0) is 60.5 Å². The van der Waals surface area contributed by atoms with Crippen LogP contribution in [0.15, 0.2) is 77.9 Å². The summed E-state index contributed by atoms with van der Waals surface area (Å²) in [6.45, 7) is 1.72. The van der Waals surface area contributed by atoms with Crippen LogP contribution >= 0.6 is 0 Å². The molecule has 174 valence electrons. The highest BCUT2D eigenvalue weighted by Crippen LogP contribution is 2.16. The number of hydrazone groups is 1. The second-order valence-electron chi connectivity index (χ2n) is 7.09. The molecule has 3 aromatic rings. The highest BCUT2D eigenvalue weighted by Gasteiger charge is 2.13. The van der Waals surface area contributed by atoms with E-state index in [1.165, 1.54) is 30.5 Å². The van der Waals surface area contributed by atoms with Crippen LogP contribution in [0.2, 0.25) is 0 Å². The van der Waals surface area contributed by atoms with Crippen LogP contribution in [0.25, 0.3) is 0 Å². The number of benzene rings is 3. The molecule has 9 heteroatoms. The number of ether oxygens (including phenoxy) is 1. The maximum absolute atomic E-state index is 13.0. The van der Waals surface area contributed by atoms with Gasteiger partial charge in [0.1, 0.15) is 11.6 Å². The summed E-state index contributed by atoms with van der Waals surface area (Å²) in [5.74, 6) is -2.29. The number of nitrogens with zero attached hydrogens (tertiary/aromatic N) is 1. The van der Waals surface area contributed by atoms with Gasteiger partial charge in [0.05, 0.1) is 6.21 Å². The number of aryl methyl sites for hydroxylation is 1. The molecule has 0 bridgehead atoms. The fraction of sp³-hybridized carbons (Fsp3) is 0.120. The minimum atomic E-state index is -0.937. The molecule has 34 heavy (non-hydrogen) atoms. The quantitative estimate of drug-likeness (QED) is 0.270. The molecule has 0 saturated carbocycles. The van der Waals surface area contributed by atoms with E-state index in [0.717, 1.165) is 12.0 Å².